The topological polar surface area (TPSA) is 85.6 Å². The maximum atomic E-state index is 12.3. The molecule has 0 heterocycles. The Morgan fingerprint density at radius 2 is 1.93 bits per heavy atom. The molecule has 154 valence electrons. The van der Waals surface area contributed by atoms with Crippen LogP contribution in [0, 0.1) is 29.1 Å². The molecule has 3 aliphatic carbocycles. The van der Waals surface area contributed by atoms with E-state index in [0.717, 1.165) is 18.4 Å². The summed E-state index contributed by atoms with van der Waals surface area (Å²) in [6.45, 7) is 0. The Kier molecular flexibility index (Phi) is 5.24. The summed E-state index contributed by atoms with van der Waals surface area (Å²) in [4.78, 5) is 24.5. The summed E-state index contributed by atoms with van der Waals surface area (Å²) < 4.78 is 16.6. The average Bonchev–Trinajstić information content (AvgIpc) is 3.42. The molecule has 0 bridgehead atoms. The lowest BCUT2D eigenvalue weighted by Crippen LogP contribution is -2.29. The average molecular weight is 397 g/mol. The lowest BCUT2D eigenvalue weighted by Gasteiger charge is -2.25. The molecule has 0 spiro atoms. The number of nitrogens with zero attached hydrogens (tertiary/aromatic N) is 1. The first-order chi connectivity index (χ1) is 14.0. The van der Waals surface area contributed by atoms with Gasteiger partial charge in [-0.1, -0.05) is 6.07 Å². The van der Waals surface area contributed by atoms with E-state index in [0.29, 0.717) is 30.8 Å². The van der Waals surface area contributed by atoms with Crippen LogP contribution < -0.4 is 9.47 Å². The highest BCUT2D eigenvalue weighted by Crippen LogP contribution is 2.55. The van der Waals surface area contributed by atoms with Crippen molar-refractivity contribution in [1.29, 1.82) is 5.26 Å². The lowest BCUT2D eigenvalue weighted by atomic mass is 9.77. The number of carbonyl (C=O) groups is 2. The van der Waals surface area contributed by atoms with Crippen LogP contribution in [0.3, 0.4) is 0 Å². The first-order valence-corrected chi connectivity index (χ1v) is 10.4. The minimum atomic E-state index is -0.743. The Bertz CT molecular complexity index is 845. The summed E-state index contributed by atoms with van der Waals surface area (Å²) in [6, 6.07) is 8.21. The number of benzene rings is 1. The fourth-order valence-electron chi connectivity index (χ4n) is 5.57. The highest BCUT2D eigenvalue weighted by atomic mass is 16.5. The van der Waals surface area contributed by atoms with Crippen molar-refractivity contribution in [2.24, 2.45) is 17.8 Å². The van der Waals surface area contributed by atoms with Gasteiger partial charge in [0.1, 0.15) is 11.7 Å². The molecule has 4 rings (SSSR count). The smallest absolute Gasteiger partial charge is 0.316 e. The Hall–Kier alpha value is -2.55. The van der Waals surface area contributed by atoms with Gasteiger partial charge in [-0.15, -0.1) is 0 Å². The van der Waals surface area contributed by atoms with Gasteiger partial charge >= 0.3 is 5.97 Å². The first-order valence-electron chi connectivity index (χ1n) is 10.4. The third kappa shape index (κ3) is 3.37. The molecule has 0 saturated heterocycles. The Labute approximate surface area is 171 Å². The maximum Gasteiger partial charge on any atom is 0.316 e. The van der Waals surface area contributed by atoms with Gasteiger partial charge in [-0.05, 0) is 68.1 Å². The van der Waals surface area contributed by atoms with E-state index in [-0.39, 0.29) is 23.7 Å². The molecule has 6 heteroatoms. The van der Waals surface area contributed by atoms with Crippen LogP contribution >= 0.6 is 0 Å². The van der Waals surface area contributed by atoms with Crippen LogP contribution in [-0.2, 0) is 19.7 Å². The van der Waals surface area contributed by atoms with Crippen LogP contribution in [0.4, 0.5) is 0 Å². The van der Waals surface area contributed by atoms with Gasteiger partial charge in [0.2, 0.25) is 0 Å². The van der Waals surface area contributed by atoms with Gasteiger partial charge in [-0.25, -0.2) is 0 Å². The molecule has 4 atom stereocenters. The Morgan fingerprint density at radius 3 is 2.59 bits per heavy atom. The zero-order valence-corrected chi connectivity index (χ0v) is 17.0. The predicted molar refractivity (Wildman–Crippen MR) is 105 cm³/mol. The van der Waals surface area contributed by atoms with Gasteiger partial charge in [0, 0.05) is 6.42 Å². The largest absolute Gasteiger partial charge is 0.493 e. The molecule has 1 unspecified atom stereocenters. The molecule has 0 aromatic heterocycles. The summed E-state index contributed by atoms with van der Waals surface area (Å²) in [6.07, 6.45) is 5.98. The summed E-state index contributed by atoms with van der Waals surface area (Å²) in [5, 5.41) is 10.2. The highest BCUT2D eigenvalue weighted by Gasteiger charge is 2.57. The third-order valence-corrected chi connectivity index (χ3v) is 7.02. The number of Topliss-reactive ketones (excluding diaryl/α,β-unsaturated/α-hetero) is 1. The van der Waals surface area contributed by atoms with Crippen LogP contribution in [0.25, 0.3) is 0 Å². The number of hydrogen-bond donors (Lipinski definition) is 0. The standard InChI is InChI=1S/C23H27NO5/c1-27-19-8-7-15(10-20(19)29-16-5-3-4-6-16)23(13-24)11-14-9-18(25)21(17(14)12-23)22(26)28-2/h7-8,10,14,16-17,21H,3-6,9,11-12H2,1-2H3/t14-,17+,21?,23-/m1/s1. The van der Waals surface area contributed by atoms with Crippen LogP contribution in [0.2, 0.25) is 0 Å². The quantitative estimate of drug-likeness (QED) is 0.558. The minimum Gasteiger partial charge on any atom is -0.493 e. The second-order valence-electron chi connectivity index (χ2n) is 8.59. The number of fused-ring (bicyclic) bond motifs is 1. The number of ketones is 1. The predicted octanol–water partition coefficient (Wildman–Crippen LogP) is 3.57. The fraction of sp³-hybridized carbons (Fsp3) is 0.609. The summed E-state index contributed by atoms with van der Waals surface area (Å²) in [5.74, 6) is -0.0514. The molecule has 1 aromatic rings. The van der Waals surface area contributed by atoms with Crippen LogP contribution in [-0.4, -0.2) is 32.1 Å². The molecule has 0 amide bonds. The second kappa shape index (κ2) is 7.70. The first kappa shape index (κ1) is 19.8. The molecule has 6 nitrogen and oxygen atoms in total. The molecule has 0 aliphatic heterocycles. The normalized spacial score (nSPS) is 31.3. The number of carbonyl (C=O) groups excluding carboxylic acids is 2. The number of rotatable bonds is 5. The Balaban J connectivity index is 1.64. The Morgan fingerprint density at radius 1 is 1.17 bits per heavy atom. The van der Waals surface area contributed by atoms with Crippen molar-refractivity contribution < 1.29 is 23.8 Å². The fourth-order valence-corrected chi connectivity index (χ4v) is 5.57. The molecule has 0 N–H and O–H groups in total. The maximum absolute atomic E-state index is 12.3. The third-order valence-electron chi connectivity index (χ3n) is 7.02. The van der Waals surface area contributed by atoms with Gasteiger partial charge in [-0.3, -0.25) is 9.59 Å². The summed E-state index contributed by atoms with van der Waals surface area (Å²) >= 11 is 0. The summed E-state index contributed by atoms with van der Waals surface area (Å²) in [7, 11) is 2.93. The molecule has 0 radical (unpaired) electrons. The van der Waals surface area contributed by atoms with E-state index >= 15 is 0 Å². The number of methoxy groups -OCH3 is 2. The van der Waals surface area contributed by atoms with E-state index in [1.807, 2.05) is 18.2 Å². The van der Waals surface area contributed by atoms with Crippen molar-refractivity contribution in [3.63, 3.8) is 0 Å². The molecule has 3 fully saturated rings. The van der Waals surface area contributed by atoms with Gasteiger partial charge in [0.15, 0.2) is 11.5 Å². The van der Waals surface area contributed by atoms with E-state index in [1.54, 1.807) is 7.11 Å². The molecule has 3 aliphatic rings. The molecule has 29 heavy (non-hydrogen) atoms. The SMILES string of the molecule is COC(=O)C1C(=O)C[C@@H]2C[C@@](C#N)(c3ccc(OC)c(OC4CCCC4)c3)C[C@H]12. The van der Waals surface area contributed by atoms with E-state index < -0.39 is 17.3 Å². The van der Waals surface area contributed by atoms with E-state index in [1.165, 1.54) is 20.0 Å². The number of esters is 1. The van der Waals surface area contributed by atoms with Gasteiger partial charge in [0.05, 0.1) is 31.8 Å². The number of hydrogen-bond acceptors (Lipinski definition) is 6. The van der Waals surface area contributed by atoms with Crippen LogP contribution in [0.15, 0.2) is 18.2 Å². The van der Waals surface area contributed by atoms with Gasteiger partial charge in [-0.2, -0.15) is 5.26 Å². The van der Waals surface area contributed by atoms with E-state index in [9.17, 15) is 14.9 Å². The molecular weight excluding hydrogens is 370 g/mol. The molecule has 1 aromatic carbocycles. The van der Waals surface area contributed by atoms with Crippen LogP contribution in [0.1, 0.15) is 50.5 Å². The molecular formula is C23H27NO5. The van der Waals surface area contributed by atoms with Crippen molar-refractivity contribution in [2.75, 3.05) is 14.2 Å². The lowest BCUT2D eigenvalue weighted by molar-refractivity contribution is -0.149. The molecule has 3 saturated carbocycles. The van der Waals surface area contributed by atoms with Gasteiger partial charge < -0.3 is 14.2 Å². The minimum absolute atomic E-state index is 0.0348. The highest BCUT2D eigenvalue weighted by molar-refractivity contribution is 6.01. The second-order valence-corrected chi connectivity index (χ2v) is 8.59. The van der Waals surface area contributed by atoms with Crippen molar-refractivity contribution in [3.8, 4) is 17.6 Å². The van der Waals surface area contributed by atoms with Crippen molar-refractivity contribution in [3.05, 3.63) is 23.8 Å². The van der Waals surface area contributed by atoms with Crippen LogP contribution in [0.5, 0.6) is 11.5 Å². The summed E-state index contributed by atoms with van der Waals surface area (Å²) in [5.41, 5.74) is 0.141. The van der Waals surface area contributed by atoms with Crippen molar-refractivity contribution in [2.45, 2.75) is 56.5 Å². The van der Waals surface area contributed by atoms with E-state index in [2.05, 4.69) is 6.07 Å². The van der Waals surface area contributed by atoms with Crippen molar-refractivity contribution in [1.82, 2.24) is 0 Å². The van der Waals surface area contributed by atoms with Gasteiger partial charge in [0.25, 0.3) is 0 Å². The van der Waals surface area contributed by atoms with Crippen molar-refractivity contribution >= 4 is 11.8 Å². The van der Waals surface area contributed by atoms with E-state index in [4.69, 9.17) is 14.2 Å². The monoisotopic (exact) mass is 397 g/mol. The number of ether oxygens (including phenoxy) is 3. The number of nitriles is 1. The zero-order valence-electron chi connectivity index (χ0n) is 17.0. The zero-order chi connectivity index (χ0) is 20.6.